The molecule has 1 amide bonds. The van der Waals surface area contributed by atoms with Gasteiger partial charge in [-0.1, -0.05) is 36.4 Å². The molecular formula is C20H23NO3. The van der Waals surface area contributed by atoms with Crippen molar-refractivity contribution in [1.29, 1.82) is 0 Å². The number of benzene rings is 2. The minimum atomic E-state index is -0.155. The van der Waals surface area contributed by atoms with E-state index in [1.807, 2.05) is 43.3 Å². The van der Waals surface area contributed by atoms with E-state index >= 15 is 0 Å². The summed E-state index contributed by atoms with van der Waals surface area (Å²) in [5, 5.41) is 3.01. The lowest BCUT2D eigenvalue weighted by atomic mass is 10.0. The Hall–Kier alpha value is -2.75. The van der Waals surface area contributed by atoms with Gasteiger partial charge in [-0.3, -0.25) is 4.79 Å². The summed E-state index contributed by atoms with van der Waals surface area (Å²) in [6, 6.07) is 13.3. The summed E-state index contributed by atoms with van der Waals surface area (Å²) >= 11 is 0. The number of rotatable bonds is 7. The van der Waals surface area contributed by atoms with Crippen LogP contribution in [-0.4, -0.2) is 20.1 Å². The van der Waals surface area contributed by atoms with Crippen molar-refractivity contribution in [3.05, 3.63) is 71.8 Å². The molecule has 1 N–H and O–H groups in total. The van der Waals surface area contributed by atoms with Gasteiger partial charge in [-0.25, -0.2) is 0 Å². The second kappa shape index (κ2) is 8.20. The molecule has 126 valence electrons. The van der Waals surface area contributed by atoms with Crippen LogP contribution in [0.3, 0.4) is 0 Å². The molecular weight excluding hydrogens is 302 g/mol. The fraction of sp³-hybridized carbons (Fsp3) is 0.250. The average molecular weight is 325 g/mol. The monoisotopic (exact) mass is 325 g/mol. The summed E-state index contributed by atoms with van der Waals surface area (Å²) in [6.07, 6.45) is 2.36. The Morgan fingerprint density at radius 2 is 1.92 bits per heavy atom. The zero-order valence-corrected chi connectivity index (χ0v) is 14.3. The predicted molar refractivity (Wildman–Crippen MR) is 95.8 cm³/mol. The normalized spacial score (nSPS) is 11.5. The largest absolute Gasteiger partial charge is 0.493 e. The molecule has 0 unspecified atom stereocenters. The topological polar surface area (TPSA) is 47.6 Å². The van der Waals surface area contributed by atoms with Gasteiger partial charge in [0.05, 0.1) is 20.3 Å². The third-order valence-electron chi connectivity index (χ3n) is 3.83. The smallest absolute Gasteiger partial charge is 0.251 e. The summed E-state index contributed by atoms with van der Waals surface area (Å²) in [5.74, 6) is 1.01. The number of allylic oxidation sites excluding steroid dienone is 1. The molecule has 2 aromatic rings. The molecule has 4 heteroatoms. The molecule has 0 aliphatic rings. The quantitative estimate of drug-likeness (QED) is 0.785. The van der Waals surface area contributed by atoms with Gasteiger partial charge in [0.25, 0.3) is 5.91 Å². The predicted octanol–water partition coefficient (Wildman–Crippen LogP) is 3.92. The Kier molecular flexibility index (Phi) is 6.01. The fourth-order valence-corrected chi connectivity index (χ4v) is 2.59. The van der Waals surface area contributed by atoms with Crippen LogP contribution >= 0.6 is 0 Å². The molecule has 2 rings (SSSR count). The van der Waals surface area contributed by atoms with Gasteiger partial charge in [-0.15, -0.1) is 6.58 Å². The maximum absolute atomic E-state index is 12.6. The molecule has 0 spiro atoms. The average Bonchev–Trinajstić information content (AvgIpc) is 2.61. The molecule has 24 heavy (non-hydrogen) atoms. The molecule has 0 aromatic heterocycles. The summed E-state index contributed by atoms with van der Waals surface area (Å²) in [6.45, 7) is 5.71. The van der Waals surface area contributed by atoms with Gasteiger partial charge in [-0.2, -0.15) is 0 Å². The number of hydrogen-bond donors (Lipinski definition) is 1. The molecule has 1 atom stereocenters. The fourth-order valence-electron chi connectivity index (χ4n) is 2.59. The number of carbonyl (C=O) groups is 1. The molecule has 0 fully saturated rings. The Bertz CT molecular complexity index is 710. The molecule has 0 radical (unpaired) electrons. The van der Waals surface area contributed by atoms with Gasteiger partial charge >= 0.3 is 0 Å². The summed E-state index contributed by atoms with van der Waals surface area (Å²) in [4.78, 5) is 12.6. The third kappa shape index (κ3) is 3.96. The van der Waals surface area contributed by atoms with E-state index in [0.29, 0.717) is 23.5 Å². The van der Waals surface area contributed by atoms with E-state index < -0.39 is 0 Å². The van der Waals surface area contributed by atoms with Crippen LogP contribution in [0, 0.1) is 0 Å². The molecule has 0 aliphatic heterocycles. The van der Waals surface area contributed by atoms with Crippen molar-refractivity contribution in [2.24, 2.45) is 0 Å². The van der Waals surface area contributed by atoms with Crippen LogP contribution in [0.4, 0.5) is 0 Å². The molecule has 0 aliphatic carbocycles. The zero-order valence-electron chi connectivity index (χ0n) is 14.3. The van der Waals surface area contributed by atoms with Crippen molar-refractivity contribution in [3.63, 3.8) is 0 Å². The van der Waals surface area contributed by atoms with Gasteiger partial charge in [0.15, 0.2) is 11.5 Å². The highest BCUT2D eigenvalue weighted by molar-refractivity contribution is 5.95. The Balaban J connectivity index is 2.28. The van der Waals surface area contributed by atoms with Crippen LogP contribution in [0.2, 0.25) is 0 Å². The van der Waals surface area contributed by atoms with Crippen LogP contribution < -0.4 is 14.8 Å². The third-order valence-corrected chi connectivity index (χ3v) is 3.83. The van der Waals surface area contributed by atoms with E-state index in [-0.39, 0.29) is 11.9 Å². The Labute approximate surface area is 143 Å². The van der Waals surface area contributed by atoms with E-state index in [1.165, 1.54) is 0 Å². The minimum Gasteiger partial charge on any atom is -0.493 e. The van der Waals surface area contributed by atoms with Crippen molar-refractivity contribution >= 4 is 5.91 Å². The molecule has 0 bridgehead atoms. The Morgan fingerprint density at radius 3 is 2.50 bits per heavy atom. The maximum Gasteiger partial charge on any atom is 0.251 e. The molecule has 0 heterocycles. The maximum atomic E-state index is 12.6. The lowest BCUT2D eigenvalue weighted by Crippen LogP contribution is -2.26. The lowest BCUT2D eigenvalue weighted by Gasteiger charge is -2.17. The summed E-state index contributed by atoms with van der Waals surface area (Å²) < 4.78 is 10.8. The van der Waals surface area contributed by atoms with E-state index in [2.05, 4.69) is 11.9 Å². The van der Waals surface area contributed by atoms with Gasteiger partial charge in [-0.05, 0) is 31.0 Å². The lowest BCUT2D eigenvalue weighted by molar-refractivity contribution is 0.0939. The van der Waals surface area contributed by atoms with Crippen LogP contribution in [0.5, 0.6) is 11.5 Å². The first kappa shape index (κ1) is 17.6. The number of ether oxygens (including phenoxy) is 2. The van der Waals surface area contributed by atoms with E-state index in [4.69, 9.17) is 9.47 Å². The minimum absolute atomic E-state index is 0.0883. The van der Waals surface area contributed by atoms with Crippen molar-refractivity contribution in [2.75, 3.05) is 14.2 Å². The van der Waals surface area contributed by atoms with Crippen molar-refractivity contribution in [1.82, 2.24) is 5.32 Å². The van der Waals surface area contributed by atoms with E-state index in [1.54, 1.807) is 26.4 Å². The van der Waals surface area contributed by atoms with Crippen LogP contribution in [0.1, 0.15) is 34.5 Å². The second-order valence-electron chi connectivity index (χ2n) is 5.47. The van der Waals surface area contributed by atoms with Gasteiger partial charge in [0, 0.05) is 11.1 Å². The number of methoxy groups -OCH3 is 2. The zero-order chi connectivity index (χ0) is 17.5. The highest BCUT2D eigenvalue weighted by Crippen LogP contribution is 2.33. The molecule has 0 saturated heterocycles. The number of hydrogen-bond acceptors (Lipinski definition) is 3. The second-order valence-corrected chi connectivity index (χ2v) is 5.47. The number of amides is 1. The van der Waals surface area contributed by atoms with Crippen molar-refractivity contribution in [2.45, 2.75) is 19.4 Å². The van der Waals surface area contributed by atoms with Crippen molar-refractivity contribution < 1.29 is 14.3 Å². The van der Waals surface area contributed by atoms with E-state index in [9.17, 15) is 4.79 Å². The van der Waals surface area contributed by atoms with Gasteiger partial charge < -0.3 is 14.8 Å². The SMILES string of the molecule is C=CCc1cc(C(=O)N[C@@H](C)c2ccccc2)cc(OC)c1OC. The summed E-state index contributed by atoms with van der Waals surface area (Å²) in [7, 11) is 3.14. The van der Waals surface area contributed by atoms with E-state index in [0.717, 1.165) is 11.1 Å². The van der Waals surface area contributed by atoms with Gasteiger partial charge in [0.2, 0.25) is 0 Å². The number of carbonyl (C=O) groups excluding carboxylic acids is 1. The first-order chi connectivity index (χ1) is 11.6. The summed E-state index contributed by atoms with van der Waals surface area (Å²) in [5.41, 5.74) is 2.45. The first-order valence-corrected chi connectivity index (χ1v) is 7.82. The molecule has 2 aromatic carbocycles. The van der Waals surface area contributed by atoms with Crippen LogP contribution in [0.15, 0.2) is 55.1 Å². The van der Waals surface area contributed by atoms with Crippen LogP contribution in [-0.2, 0) is 6.42 Å². The Morgan fingerprint density at radius 1 is 1.21 bits per heavy atom. The van der Waals surface area contributed by atoms with Gasteiger partial charge in [0.1, 0.15) is 0 Å². The first-order valence-electron chi connectivity index (χ1n) is 7.82. The molecule has 0 saturated carbocycles. The standard InChI is InChI=1S/C20H23NO3/c1-5-9-16-12-17(13-18(23-3)19(16)24-4)20(22)21-14(2)15-10-7-6-8-11-15/h5-8,10-14H,1,9H2,2-4H3,(H,21,22)/t14-/m0/s1. The highest BCUT2D eigenvalue weighted by atomic mass is 16.5. The highest BCUT2D eigenvalue weighted by Gasteiger charge is 2.17. The van der Waals surface area contributed by atoms with Crippen LogP contribution in [0.25, 0.3) is 0 Å². The van der Waals surface area contributed by atoms with Crippen molar-refractivity contribution in [3.8, 4) is 11.5 Å². The number of nitrogens with one attached hydrogen (secondary N) is 1. The molecule has 4 nitrogen and oxygen atoms in total.